The molecule has 0 heterocycles. The summed E-state index contributed by atoms with van der Waals surface area (Å²) in [4.78, 5) is 17.9. The van der Waals surface area contributed by atoms with Gasteiger partial charge in [0.1, 0.15) is 5.60 Å². The number of ether oxygens (including phenoxy) is 1. The number of aliphatic imine (C=N–C) groups is 1. The van der Waals surface area contributed by atoms with Crippen molar-refractivity contribution in [2.45, 2.75) is 52.2 Å². The quantitative estimate of drug-likeness (QED) is 0.300. The SMILES string of the molecule is CCN(CCNC(=NC)NC1CC=CC1)C(=O)OC(C)(C)C.I. The van der Waals surface area contributed by atoms with E-state index in [-0.39, 0.29) is 30.1 Å². The van der Waals surface area contributed by atoms with Crippen molar-refractivity contribution in [2.24, 2.45) is 4.99 Å². The number of carbonyl (C=O) groups excluding carboxylic acids is 1. The van der Waals surface area contributed by atoms with Crippen LogP contribution in [0, 0.1) is 0 Å². The second-order valence-electron chi connectivity index (χ2n) is 6.34. The molecule has 23 heavy (non-hydrogen) atoms. The van der Waals surface area contributed by atoms with Crippen molar-refractivity contribution < 1.29 is 9.53 Å². The number of likely N-dealkylation sites (N-methyl/N-ethyl adjacent to an activating group) is 1. The van der Waals surface area contributed by atoms with Crippen LogP contribution in [0.3, 0.4) is 0 Å². The Bertz CT molecular complexity index is 411. The molecule has 0 aromatic carbocycles. The van der Waals surface area contributed by atoms with Crippen molar-refractivity contribution in [1.29, 1.82) is 0 Å². The summed E-state index contributed by atoms with van der Waals surface area (Å²) in [5, 5.41) is 6.61. The van der Waals surface area contributed by atoms with Gasteiger partial charge in [-0.25, -0.2) is 4.79 Å². The highest BCUT2D eigenvalue weighted by atomic mass is 127. The normalized spacial score (nSPS) is 15.1. The number of amides is 1. The maximum Gasteiger partial charge on any atom is 0.410 e. The topological polar surface area (TPSA) is 66.0 Å². The second kappa shape index (κ2) is 10.7. The third kappa shape index (κ3) is 9.02. The summed E-state index contributed by atoms with van der Waals surface area (Å²) in [6.45, 7) is 9.40. The average molecular weight is 438 g/mol. The van der Waals surface area contributed by atoms with Gasteiger partial charge in [-0.15, -0.1) is 24.0 Å². The minimum absolute atomic E-state index is 0. The van der Waals surface area contributed by atoms with Crippen molar-refractivity contribution in [3.63, 3.8) is 0 Å². The summed E-state index contributed by atoms with van der Waals surface area (Å²) >= 11 is 0. The highest BCUT2D eigenvalue weighted by Gasteiger charge is 2.20. The lowest BCUT2D eigenvalue weighted by Crippen LogP contribution is -2.46. The number of hydrogen-bond acceptors (Lipinski definition) is 3. The molecule has 134 valence electrons. The molecule has 0 aromatic heterocycles. The van der Waals surface area contributed by atoms with E-state index in [1.54, 1.807) is 11.9 Å². The lowest BCUT2D eigenvalue weighted by atomic mass is 10.2. The van der Waals surface area contributed by atoms with Gasteiger partial charge >= 0.3 is 6.09 Å². The molecule has 1 rings (SSSR count). The molecular weight excluding hydrogens is 407 g/mol. The maximum atomic E-state index is 12.0. The predicted molar refractivity (Wildman–Crippen MR) is 106 cm³/mol. The molecule has 0 atom stereocenters. The fourth-order valence-corrected chi connectivity index (χ4v) is 2.14. The molecule has 0 bridgehead atoms. The van der Waals surface area contributed by atoms with Gasteiger partial charge in [-0.3, -0.25) is 4.99 Å². The standard InChI is InChI=1S/C16H30N4O2.HI/c1-6-20(15(21)22-16(2,3)4)12-11-18-14(17-5)19-13-9-7-8-10-13;/h7-8,13H,6,9-12H2,1-5H3,(H2,17,18,19);1H. The predicted octanol–water partition coefficient (Wildman–Crippen LogP) is 2.75. The van der Waals surface area contributed by atoms with Gasteiger partial charge in [0.15, 0.2) is 5.96 Å². The third-order valence-corrected chi connectivity index (χ3v) is 3.28. The van der Waals surface area contributed by atoms with Crippen LogP contribution in [-0.4, -0.2) is 55.3 Å². The lowest BCUT2D eigenvalue weighted by molar-refractivity contribution is 0.0264. The van der Waals surface area contributed by atoms with Gasteiger partial charge in [-0.2, -0.15) is 0 Å². The first-order chi connectivity index (χ1) is 10.4. The summed E-state index contributed by atoms with van der Waals surface area (Å²) in [7, 11) is 1.75. The number of nitrogens with zero attached hydrogens (tertiary/aromatic N) is 2. The fraction of sp³-hybridized carbons (Fsp3) is 0.750. The molecule has 0 fully saturated rings. The Morgan fingerprint density at radius 1 is 1.35 bits per heavy atom. The van der Waals surface area contributed by atoms with Gasteiger partial charge in [0.25, 0.3) is 0 Å². The molecule has 1 aliphatic rings. The highest BCUT2D eigenvalue weighted by Crippen LogP contribution is 2.10. The number of rotatable bonds is 5. The van der Waals surface area contributed by atoms with Crippen molar-refractivity contribution in [1.82, 2.24) is 15.5 Å². The van der Waals surface area contributed by atoms with E-state index in [1.807, 2.05) is 27.7 Å². The molecule has 7 heteroatoms. The highest BCUT2D eigenvalue weighted by molar-refractivity contribution is 14.0. The van der Waals surface area contributed by atoms with Crippen molar-refractivity contribution >= 4 is 36.0 Å². The zero-order valence-electron chi connectivity index (χ0n) is 14.9. The van der Waals surface area contributed by atoms with Gasteiger partial charge in [0.2, 0.25) is 0 Å². The Kier molecular flexibility index (Phi) is 10.3. The average Bonchev–Trinajstić information content (AvgIpc) is 2.93. The molecule has 1 aliphatic carbocycles. The number of hydrogen-bond donors (Lipinski definition) is 2. The Morgan fingerprint density at radius 2 is 1.96 bits per heavy atom. The molecule has 6 nitrogen and oxygen atoms in total. The van der Waals surface area contributed by atoms with Gasteiger partial charge in [0.05, 0.1) is 0 Å². The van der Waals surface area contributed by atoms with E-state index in [0.29, 0.717) is 25.7 Å². The Morgan fingerprint density at radius 3 is 2.43 bits per heavy atom. The molecule has 0 saturated carbocycles. The van der Waals surface area contributed by atoms with E-state index in [9.17, 15) is 4.79 Å². The molecule has 2 N–H and O–H groups in total. The molecule has 0 radical (unpaired) electrons. The van der Waals surface area contributed by atoms with Crippen molar-refractivity contribution in [3.8, 4) is 0 Å². The first-order valence-electron chi connectivity index (χ1n) is 7.95. The van der Waals surface area contributed by atoms with Crippen LogP contribution < -0.4 is 10.6 Å². The van der Waals surface area contributed by atoms with Crippen LogP contribution in [0.4, 0.5) is 4.79 Å². The first-order valence-corrected chi connectivity index (χ1v) is 7.95. The minimum Gasteiger partial charge on any atom is -0.444 e. The third-order valence-electron chi connectivity index (χ3n) is 3.28. The lowest BCUT2D eigenvalue weighted by Gasteiger charge is -2.27. The number of carbonyl (C=O) groups is 1. The van der Waals surface area contributed by atoms with E-state index in [2.05, 4.69) is 27.8 Å². The Balaban J connectivity index is 0.00000484. The van der Waals surface area contributed by atoms with Gasteiger partial charge in [-0.1, -0.05) is 12.2 Å². The van der Waals surface area contributed by atoms with E-state index >= 15 is 0 Å². The van der Waals surface area contributed by atoms with Crippen LogP contribution >= 0.6 is 24.0 Å². The number of nitrogens with one attached hydrogen (secondary N) is 2. The van der Waals surface area contributed by atoms with Crippen molar-refractivity contribution in [3.05, 3.63) is 12.2 Å². The Labute approximate surface area is 157 Å². The number of halogens is 1. The van der Waals surface area contributed by atoms with E-state index in [0.717, 1.165) is 18.8 Å². The summed E-state index contributed by atoms with van der Waals surface area (Å²) in [5.74, 6) is 0.772. The van der Waals surface area contributed by atoms with Crippen LogP contribution in [-0.2, 0) is 4.74 Å². The Hall–Kier alpha value is -0.990. The van der Waals surface area contributed by atoms with E-state index in [4.69, 9.17) is 4.74 Å². The maximum absolute atomic E-state index is 12.0. The molecule has 0 unspecified atom stereocenters. The molecule has 0 aliphatic heterocycles. The van der Waals surface area contributed by atoms with E-state index in [1.165, 1.54) is 0 Å². The van der Waals surface area contributed by atoms with Gasteiger partial charge in [0, 0.05) is 32.7 Å². The molecular formula is C16H31IN4O2. The molecule has 0 spiro atoms. The minimum atomic E-state index is -0.467. The van der Waals surface area contributed by atoms with E-state index < -0.39 is 5.60 Å². The van der Waals surface area contributed by atoms with Crippen LogP contribution in [0.2, 0.25) is 0 Å². The summed E-state index contributed by atoms with van der Waals surface area (Å²) in [5.41, 5.74) is -0.467. The summed E-state index contributed by atoms with van der Waals surface area (Å²) < 4.78 is 5.39. The fourth-order valence-electron chi connectivity index (χ4n) is 2.14. The number of guanidine groups is 1. The van der Waals surface area contributed by atoms with Crippen LogP contribution in [0.25, 0.3) is 0 Å². The van der Waals surface area contributed by atoms with Crippen molar-refractivity contribution in [2.75, 3.05) is 26.7 Å². The zero-order valence-corrected chi connectivity index (χ0v) is 17.2. The molecule has 0 saturated heterocycles. The van der Waals surface area contributed by atoms with Gasteiger partial charge < -0.3 is 20.3 Å². The summed E-state index contributed by atoms with van der Waals surface area (Å²) in [6, 6.07) is 0.416. The first kappa shape index (κ1) is 22.0. The largest absolute Gasteiger partial charge is 0.444 e. The smallest absolute Gasteiger partial charge is 0.410 e. The van der Waals surface area contributed by atoms with Crippen LogP contribution in [0.1, 0.15) is 40.5 Å². The summed E-state index contributed by atoms with van der Waals surface area (Å²) in [6.07, 6.45) is 6.12. The van der Waals surface area contributed by atoms with Gasteiger partial charge in [-0.05, 0) is 40.5 Å². The zero-order chi connectivity index (χ0) is 16.6. The monoisotopic (exact) mass is 438 g/mol. The molecule has 1 amide bonds. The molecule has 0 aromatic rings. The van der Waals surface area contributed by atoms with Crippen LogP contribution in [0.15, 0.2) is 17.1 Å². The van der Waals surface area contributed by atoms with Crippen LogP contribution in [0.5, 0.6) is 0 Å². The second-order valence-corrected chi connectivity index (χ2v) is 6.34.